The molecular weight excluding hydrogens is 428 g/mol. The highest BCUT2D eigenvalue weighted by Gasteiger charge is 2.21. The number of rotatable bonds is 10. The number of nitrogens with zero attached hydrogens (tertiary/aromatic N) is 1. The molecule has 3 aromatic carbocycles. The van der Waals surface area contributed by atoms with Gasteiger partial charge in [-0.3, -0.25) is 9.69 Å². The van der Waals surface area contributed by atoms with Gasteiger partial charge in [0, 0.05) is 51.4 Å². The smallest absolute Gasteiger partial charge is 0.251 e. The van der Waals surface area contributed by atoms with Crippen LogP contribution in [0.15, 0.2) is 60.7 Å². The van der Waals surface area contributed by atoms with Crippen LogP contribution in [-0.2, 0) is 11.3 Å². The average molecular weight is 463 g/mol. The lowest BCUT2D eigenvalue weighted by Crippen LogP contribution is -2.44. The molecule has 3 aromatic rings. The first-order valence-electron chi connectivity index (χ1n) is 12.0. The fourth-order valence-corrected chi connectivity index (χ4v) is 4.38. The largest absolute Gasteiger partial charge is 0.497 e. The molecule has 1 saturated heterocycles. The Morgan fingerprint density at radius 2 is 1.76 bits per heavy atom. The number of carbonyl (C=O) groups excluding carboxylic acids is 1. The van der Waals surface area contributed by atoms with Crippen molar-refractivity contribution in [2.45, 2.75) is 31.8 Å². The molecule has 1 N–H and O–H groups in total. The number of benzene rings is 3. The van der Waals surface area contributed by atoms with Crippen molar-refractivity contribution in [2.24, 2.45) is 0 Å². The van der Waals surface area contributed by atoms with E-state index in [-0.39, 0.29) is 11.9 Å². The Morgan fingerprint density at radius 3 is 2.56 bits per heavy atom. The van der Waals surface area contributed by atoms with Gasteiger partial charge in [0.1, 0.15) is 11.5 Å². The van der Waals surface area contributed by atoms with Crippen LogP contribution >= 0.6 is 0 Å². The zero-order chi connectivity index (χ0) is 23.8. The number of hydrogen-bond acceptors (Lipinski definition) is 5. The van der Waals surface area contributed by atoms with Gasteiger partial charge in [-0.15, -0.1) is 0 Å². The van der Waals surface area contributed by atoms with E-state index in [4.69, 9.17) is 14.2 Å². The fraction of sp³-hybridized carbons (Fsp3) is 0.393. The minimum absolute atomic E-state index is 0.0351. The van der Waals surface area contributed by atoms with Crippen molar-refractivity contribution in [1.29, 1.82) is 0 Å². The molecule has 0 saturated carbocycles. The highest BCUT2D eigenvalue weighted by molar-refractivity contribution is 5.94. The Kier molecular flexibility index (Phi) is 8.39. The summed E-state index contributed by atoms with van der Waals surface area (Å²) in [7, 11) is 3.32. The van der Waals surface area contributed by atoms with E-state index in [1.165, 1.54) is 16.3 Å². The molecule has 0 unspecified atom stereocenters. The number of carbonyl (C=O) groups is 1. The molecule has 6 nitrogen and oxygen atoms in total. The van der Waals surface area contributed by atoms with Crippen molar-refractivity contribution in [2.75, 3.05) is 40.5 Å². The summed E-state index contributed by atoms with van der Waals surface area (Å²) < 4.78 is 16.2. The molecule has 6 heteroatoms. The minimum Gasteiger partial charge on any atom is -0.497 e. The number of piperidine rings is 1. The number of amides is 1. The second kappa shape index (κ2) is 11.9. The number of likely N-dealkylation sites (tertiary alicyclic amines) is 1. The van der Waals surface area contributed by atoms with Gasteiger partial charge in [0.2, 0.25) is 0 Å². The van der Waals surface area contributed by atoms with Crippen LogP contribution in [0.25, 0.3) is 10.8 Å². The zero-order valence-corrected chi connectivity index (χ0v) is 20.1. The normalized spacial score (nSPS) is 14.8. The molecule has 1 heterocycles. The summed E-state index contributed by atoms with van der Waals surface area (Å²) in [4.78, 5) is 15.1. The standard InChI is InChI=1S/C28H34N2O4/c1-32-15-4-16-34-27-10-9-22-8-7-21(17-24(22)19-27)20-30-13-11-25(12-14-30)29-28(31)23-5-3-6-26(18-23)33-2/h3,5-10,17-19,25H,4,11-16,20H2,1-2H3,(H,29,31). The third kappa shape index (κ3) is 6.49. The van der Waals surface area contributed by atoms with E-state index in [2.05, 4.69) is 40.5 Å². The Balaban J connectivity index is 1.29. The van der Waals surface area contributed by atoms with E-state index in [1.54, 1.807) is 20.3 Å². The summed E-state index contributed by atoms with van der Waals surface area (Å²) in [5, 5.41) is 5.59. The van der Waals surface area contributed by atoms with E-state index in [1.807, 2.05) is 24.3 Å². The van der Waals surface area contributed by atoms with Crippen molar-refractivity contribution < 1.29 is 19.0 Å². The van der Waals surface area contributed by atoms with Gasteiger partial charge >= 0.3 is 0 Å². The van der Waals surface area contributed by atoms with Crippen LogP contribution in [0.5, 0.6) is 11.5 Å². The SMILES string of the molecule is COCCCOc1ccc2ccc(CN3CCC(NC(=O)c4cccc(OC)c4)CC3)cc2c1. The van der Waals surface area contributed by atoms with Crippen molar-refractivity contribution >= 4 is 16.7 Å². The van der Waals surface area contributed by atoms with Crippen LogP contribution in [0.1, 0.15) is 35.2 Å². The number of methoxy groups -OCH3 is 2. The van der Waals surface area contributed by atoms with Gasteiger partial charge in [0.05, 0.1) is 13.7 Å². The third-order valence-electron chi connectivity index (χ3n) is 6.30. The maximum atomic E-state index is 12.6. The van der Waals surface area contributed by atoms with Gasteiger partial charge in [0.15, 0.2) is 0 Å². The zero-order valence-electron chi connectivity index (χ0n) is 20.1. The maximum absolute atomic E-state index is 12.6. The number of ether oxygens (including phenoxy) is 3. The van der Waals surface area contributed by atoms with E-state index in [0.717, 1.165) is 44.6 Å². The number of hydrogen-bond donors (Lipinski definition) is 1. The average Bonchev–Trinajstić information content (AvgIpc) is 2.87. The van der Waals surface area contributed by atoms with Crippen LogP contribution < -0.4 is 14.8 Å². The number of nitrogens with one attached hydrogen (secondary N) is 1. The minimum atomic E-state index is -0.0351. The van der Waals surface area contributed by atoms with Gasteiger partial charge in [-0.25, -0.2) is 0 Å². The van der Waals surface area contributed by atoms with Crippen molar-refractivity contribution in [3.8, 4) is 11.5 Å². The van der Waals surface area contributed by atoms with E-state index < -0.39 is 0 Å². The molecule has 0 spiro atoms. The quantitative estimate of drug-likeness (QED) is 0.444. The summed E-state index contributed by atoms with van der Waals surface area (Å²) in [6.07, 6.45) is 2.77. The molecule has 4 rings (SSSR count). The summed E-state index contributed by atoms with van der Waals surface area (Å²) in [6, 6.07) is 20.4. The fourth-order valence-electron chi connectivity index (χ4n) is 4.38. The molecule has 1 aliphatic rings. The molecule has 180 valence electrons. The second-order valence-electron chi connectivity index (χ2n) is 8.79. The first-order valence-corrected chi connectivity index (χ1v) is 12.0. The Labute approximate surface area is 201 Å². The van der Waals surface area contributed by atoms with Crippen LogP contribution in [-0.4, -0.2) is 57.4 Å². The topological polar surface area (TPSA) is 60.0 Å². The molecule has 0 atom stereocenters. The summed E-state index contributed by atoms with van der Waals surface area (Å²) in [5.41, 5.74) is 1.93. The van der Waals surface area contributed by atoms with Gasteiger partial charge in [0.25, 0.3) is 5.91 Å². The second-order valence-corrected chi connectivity index (χ2v) is 8.79. The predicted octanol–water partition coefficient (Wildman–Crippen LogP) is 4.66. The lowest BCUT2D eigenvalue weighted by molar-refractivity contribution is 0.0908. The number of fused-ring (bicyclic) bond motifs is 1. The molecule has 1 aliphatic heterocycles. The van der Waals surface area contributed by atoms with E-state index in [0.29, 0.717) is 24.5 Å². The van der Waals surface area contributed by atoms with E-state index >= 15 is 0 Å². The lowest BCUT2D eigenvalue weighted by atomic mass is 10.0. The Morgan fingerprint density at radius 1 is 0.941 bits per heavy atom. The molecule has 0 bridgehead atoms. The van der Waals surface area contributed by atoms with Crippen LogP contribution in [0, 0.1) is 0 Å². The summed E-state index contributed by atoms with van der Waals surface area (Å²) in [6.45, 7) is 4.19. The van der Waals surface area contributed by atoms with E-state index in [9.17, 15) is 4.79 Å². The maximum Gasteiger partial charge on any atom is 0.251 e. The molecule has 0 aromatic heterocycles. The molecule has 34 heavy (non-hydrogen) atoms. The van der Waals surface area contributed by atoms with Crippen molar-refractivity contribution in [1.82, 2.24) is 10.2 Å². The molecule has 0 radical (unpaired) electrons. The highest BCUT2D eigenvalue weighted by atomic mass is 16.5. The predicted molar refractivity (Wildman–Crippen MR) is 135 cm³/mol. The summed E-state index contributed by atoms with van der Waals surface area (Å²) >= 11 is 0. The molecule has 1 fully saturated rings. The van der Waals surface area contributed by atoms with Gasteiger partial charge in [-0.1, -0.05) is 24.3 Å². The Hall–Kier alpha value is -3.09. The van der Waals surface area contributed by atoms with Crippen LogP contribution in [0.2, 0.25) is 0 Å². The van der Waals surface area contributed by atoms with Gasteiger partial charge in [-0.2, -0.15) is 0 Å². The molecule has 0 aliphatic carbocycles. The van der Waals surface area contributed by atoms with Gasteiger partial charge in [-0.05, 0) is 65.6 Å². The lowest BCUT2D eigenvalue weighted by Gasteiger charge is -2.32. The van der Waals surface area contributed by atoms with Gasteiger partial charge < -0.3 is 19.5 Å². The first kappa shape index (κ1) is 24.0. The monoisotopic (exact) mass is 462 g/mol. The van der Waals surface area contributed by atoms with Crippen LogP contribution in [0.3, 0.4) is 0 Å². The van der Waals surface area contributed by atoms with Crippen LogP contribution in [0.4, 0.5) is 0 Å². The van der Waals surface area contributed by atoms with Crippen molar-refractivity contribution in [3.63, 3.8) is 0 Å². The Bertz CT molecular complexity index is 1090. The molecule has 1 amide bonds. The summed E-state index contributed by atoms with van der Waals surface area (Å²) in [5.74, 6) is 1.56. The first-order chi connectivity index (χ1) is 16.6. The van der Waals surface area contributed by atoms with Crippen molar-refractivity contribution in [3.05, 3.63) is 71.8 Å². The molecular formula is C28H34N2O4. The highest BCUT2D eigenvalue weighted by Crippen LogP contribution is 2.24. The third-order valence-corrected chi connectivity index (χ3v) is 6.30.